The van der Waals surface area contributed by atoms with E-state index in [0.29, 0.717) is 0 Å². The van der Waals surface area contributed by atoms with Crippen molar-refractivity contribution >= 4 is 15.1 Å². The van der Waals surface area contributed by atoms with Gasteiger partial charge in [0, 0.05) is 16.8 Å². The van der Waals surface area contributed by atoms with Gasteiger partial charge in [-0.3, -0.25) is 0 Å². The lowest BCUT2D eigenvalue weighted by Crippen LogP contribution is -2.44. The van der Waals surface area contributed by atoms with E-state index >= 15 is 0 Å². The summed E-state index contributed by atoms with van der Waals surface area (Å²) < 4.78 is 17.7. The molecule has 4 heteroatoms. The minimum Gasteiger partial charge on any atom is -0.630 e. The molecule has 0 aliphatic heterocycles. The number of hydrogen-bond donors (Lipinski definition) is 0. The molecule has 0 aromatic rings. The first-order valence-corrected chi connectivity index (χ1v) is 7.23. The van der Waals surface area contributed by atoms with E-state index in [1.165, 1.54) is 0 Å². The summed E-state index contributed by atoms with van der Waals surface area (Å²) in [4.78, 5) is 0. The van der Waals surface area contributed by atoms with Gasteiger partial charge in [0.15, 0.2) is 0 Å². The summed E-state index contributed by atoms with van der Waals surface area (Å²) in [5.41, 5.74) is -0.686. The van der Waals surface area contributed by atoms with Gasteiger partial charge in [0.2, 0.25) is 0 Å². The van der Waals surface area contributed by atoms with Gasteiger partial charge in [-0.05, 0) is 62.3 Å². The van der Waals surface area contributed by atoms with Gasteiger partial charge in [-0.15, -0.1) is 0 Å². The van der Waals surface area contributed by atoms with Gasteiger partial charge in [-0.25, -0.2) is 0 Å². The highest BCUT2D eigenvalue weighted by atomic mass is 27.3. The Kier molecular flexibility index (Phi) is 5.51. The minimum atomic E-state index is -2.11. The Morgan fingerprint density at radius 1 is 0.500 bits per heavy atom. The molecule has 0 atom stereocenters. The molecule has 0 rings (SSSR count). The Balaban J connectivity index is 4.53. The van der Waals surface area contributed by atoms with Crippen LogP contribution < -0.4 is 0 Å². The number of rotatable bonds is 3. The molecule has 0 heterocycles. The summed E-state index contributed by atoms with van der Waals surface area (Å²) in [6, 6.07) is 0. The smallest absolute Gasteiger partial charge is 0.560 e. The molecule has 0 unspecified atom stereocenters. The summed E-state index contributed by atoms with van der Waals surface area (Å²) in [5, 5.41) is 0. The van der Waals surface area contributed by atoms with Gasteiger partial charge in [0.05, 0.1) is 0 Å². The topological polar surface area (TPSA) is 27.7 Å². The van der Waals surface area contributed by atoms with Crippen LogP contribution >= 0.6 is 0 Å². The lowest BCUT2D eigenvalue weighted by molar-refractivity contribution is -0.0503. The summed E-state index contributed by atoms with van der Waals surface area (Å²) in [5.74, 6) is 0. The van der Waals surface area contributed by atoms with Crippen molar-refractivity contribution in [2.45, 2.75) is 79.1 Å². The van der Waals surface area contributed by atoms with Crippen LogP contribution in [0.1, 0.15) is 62.3 Å². The maximum atomic E-state index is 5.88. The first-order valence-electron chi connectivity index (χ1n) is 5.82. The lowest BCUT2D eigenvalue weighted by atomic mass is 10.2. The molecule has 0 bridgehead atoms. The minimum absolute atomic E-state index is 0.229. The van der Waals surface area contributed by atoms with Crippen LogP contribution in [-0.4, -0.2) is 32.0 Å². The summed E-state index contributed by atoms with van der Waals surface area (Å²) in [6.07, 6.45) is 0. The van der Waals surface area contributed by atoms with Crippen molar-refractivity contribution in [1.82, 2.24) is 0 Å². The fourth-order valence-electron chi connectivity index (χ4n) is 0.938. The Labute approximate surface area is 106 Å². The largest absolute Gasteiger partial charge is 0.630 e. The average molecular weight is 246 g/mol. The quantitative estimate of drug-likeness (QED) is 0.714. The first kappa shape index (κ1) is 16.4. The van der Waals surface area contributed by atoms with Gasteiger partial charge < -0.3 is 11.4 Å². The third-order valence-corrected chi connectivity index (χ3v) is 4.05. The predicted molar refractivity (Wildman–Crippen MR) is 68.3 cm³/mol. The van der Waals surface area contributed by atoms with Crippen LogP contribution in [0, 0.1) is 0 Å². The van der Waals surface area contributed by atoms with Gasteiger partial charge in [0.1, 0.15) is 0 Å². The molecule has 0 fully saturated rings. The fourth-order valence-corrected chi connectivity index (χ4v) is 2.81. The second-order valence-electron chi connectivity index (χ2n) is 6.98. The lowest BCUT2D eigenvalue weighted by Gasteiger charge is -2.45. The molecule has 0 aromatic carbocycles. The molecule has 0 spiro atoms. The van der Waals surface area contributed by atoms with Crippen molar-refractivity contribution in [3.05, 3.63) is 0 Å². The number of hydrogen-bond acceptors (Lipinski definition) is 3. The molecule has 0 aliphatic carbocycles. The third kappa shape index (κ3) is 10.9. The van der Waals surface area contributed by atoms with E-state index in [0.717, 1.165) is 0 Å². The van der Waals surface area contributed by atoms with Crippen LogP contribution in [0.2, 0.25) is 0 Å². The molecule has 3 nitrogen and oxygen atoms in total. The van der Waals surface area contributed by atoms with Crippen molar-refractivity contribution in [2.24, 2.45) is 0 Å². The van der Waals surface area contributed by atoms with Crippen LogP contribution in [0.4, 0.5) is 0 Å². The maximum absolute atomic E-state index is 5.88. The van der Waals surface area contributed by atoms with E-state index in [2.05, 4.69) is 0 Å². The van der Waals surface area contributed by atoms with Gasteiger partial charge in [-0.1, -0.05) is 0 Å². The monoisotopic (exact) mass is 246 g/mol. The van der Waals surface area contributed by atoms with Crippen molar-refractivity contribution in [1.29, 1.82) is 0 Å². The van der Waals surface area contributed by atoms with E-state index in [-0.39, 0.29) is 16.8 Å². The first-order chi connectivity index (χ1) is 6.79. The molecular weight excluding hydrogens is 219 g/mol. The van der Waals surface area contributed by atoms with Gasteiger partial charge in [-0.2, -0.15) is 0 Å². The molecule has 0 amide bonds. The SMILES string of the molecule is CC(C)(C)[O][Al-]([O]C(C)(C)C)[O]C(C)(C)C. The average Bonchev–Trinajstić information content (AvgIpc) is 1.70. The molecular formula is C12H27AlO3-. The molecule has 0 saturated carbocycles. The highest BCUT2D eigenvalue weighted by molar-refractivity contribution is 6.36. The molecule has 0 saturated heterocycles. The highest BCUT2D eigenvalue weighted by Crippen LogP contribution is 2.20. The van der Waals surface area contributed by atoms with Crippen LogP contribution in [0.25, 0.3) is 0 Å². The Morgan fingerprint density at radius 2 is 0.688 bits per heavy atom. The van der Waals surface area contributed by atoms with Crippen LogP contribution in [0.3, 0.4) is 0 Å². The molecule has 1 radical (unpaired) electrons. The molecule has 0 N–H and O–H groups in total. The van der Waals surface area contributed by atoms with E-state index in [9.17, 15) is 0 Å². The Hall–Kier alpha value is 0.412. The highest BCUT2D eigenvalue weighted by Gasteiger charge is 2.25. The van der Waals surface area contributed by atoms with E-state index in [1.54, 1.807) is 0 Å². The van der Waals surface area contributed by atoms with Gasteiger partial charge in [0.25, 0.3) is 0 Å². The van der Waals surface area contributed by atoms with Crippen LogP contribution in [0.15, 0.2) is 0 Å². The third-order valence-electron chi connectivity index (χ3n) is 1.35. The molecule has 97 valence electrons. The second kappa shape index (κ2) is 5.37. The van der Waals surface area contributed by atoms with Crippen molar-refractivity contribution in [2.75, 3.05) is 0 Å². The van der Waals surface area contributed by atoms with E-state index < -0.39 is 15.1 Å². The van der Waals surface area contributed by atoms with Crippen molar-refractivity contribution < 1.29 is 11.4 Å². The zero-order valence-electron chi connectivity index (χ0n) is 12.3. The maximum Gasteiger partial charge on any atom is 0.560 e. The summed E-state index contributed by atoms with van der Waals surface area (Å²) in [7, 11) is 0. The van der Waals surface area contributed by atoms with Gasteiger partial charge >= 0.3 is 15.1 Å². The summed E-state index contributed by atoms with van der Waals surface area (Å²) >= 11 is -2.11. The Morgan fingerprint density at radius 3 is 0.812 bits per heavy atom. The van der Waals surface area contributed by atoms with E-state index in [4.69, 9.17) is 11.4 Å². The second-order valence-corrected chi connectivity index (χ2v) is 8.26. The van der Waals surface area contributed by atoms with Crippen molar-refractivity contribution in [3.8, 4) is 0 Å². The molecule has 0 aromatic heterocycles. The van der Waals surface area contributed by atoms with Crippen molar-refractivity contribution in [3.63, 3.8) is 0 Å². The zero-order chi connectivity index (χ0) is 13.2. The Bertz CT molecular complexity index is 170. The van der Waals surface area contributed by atoms with Crippen LogP contribution in [0.5, 0.6) is 0 Å². The molecule has 0 aliphatic rings. The predicted octanol–water partition coefficient (Wildman–Crippen LogP) is 3.42. The summed E-state index contributed by atoms with van der Waals surface area (Å²) in [6.45, 7) is 18.2. The fraction of sp³-hybridized carbons (Fsp3) is 1.00. The normalized spacial score (nSPS) is 14.6. The molecule has 16 heavy (non-hydrogen) atoms. The van der Waals surface area contributed by atoms with E-state index in [1.807, 2.05) is 62.3 Å². The van der Waals surface area contributed by atoms with Crippen LogP contribution in [-0.2, 0) is 11.4 Å². The zero-order valence-corrected chi connectivity index (χ0v) is 13.5. The standard InChI is InChI=1S/3C4H9O.Al/c3*1-4(2,3)5;/h3*1-3H3;/q3*-1;+2.